The standard InChI is InChI=1S/C82H153N2O6P/c1-6-8-10-12-14-16-18-20-22-24-26-28-30-32-34-36-37-38-39-40-41-42-43-44-45-46-47-48-50-52-54-56-58-60-62-64-66-68-70-72-74-76-82(86)83-80(79-90-91(87,88)89-78-77-84(3,4)5)81(85)75-73-71-69-67-65-63-61-59-57-55-53-51-49-35-33-31-29-27-25-23-21-19-17-15-13-11-9-7-2/h8,10,14,16,20,22,26,28,32,34,65,67,73,75,80-81,85H,6-7,9,11-13,15,17-19,21,23-25,27,29-31,33,35-64,66,68-72,74,76-79H2,1-5H3,(H-,83,86,87,88)/b10-8-,16-14-,22-20-,28-26-,34-32-,67-65+,75-73+. The fraction of sp³-hybridized carbons (Fsp3) is 0.817. The van der Waals surface area contributed by atoms with Crippen LogP contribution in [0.15, 0.2) is 85.1 Å². The molecule has 0 heterocycles. The number of phosphoric acid groups is 1. The first kappa shape index (κ1) is 88.7. The van der Waals surface area contributed by atoms with Gasteiger partial charge in [0, 0.05) is 6.42 Å². The largest absolute Gasteiger partial charge is 0.756 e. The Hall–Kier alpha value is -2.32. The number of allylic oxidation sites excluding steroid dienone is 13. The van der Waals surface area contributed by atoms with E-state index in [-0.39, 0.29) is 12.5 Å². The molecule has 3 atom stereocenters. The van der Waals surface area contributed by atoms with Gasteiger partial charge in [-0.25, -0.2) is 0 Å². The van der Waals surface area contributed by atoms with Gasteiger partial charge in [0.25, 0.3) is 7.82 Å². The van der Waals surface area contributed by atoms with E-state index in [0.717, 1.165) is 70.6 Å². The summed E-state index contributed by atoms with van der Waals surface area (Å²) in [5.74, 6) is -0.201. The summed E-state index contributed by atoms with van der Waals surface area (Å²) in [7, 11) is 1.26. The molecule has 0 radical (unpaired) electrons. The van der Waals surface area contributed by atoms with E-state index in [9.17, 15) is 19.4 Å². The maximum Gasteiger partial charge on any atom is 0.268 e. The van der Waals surface area contributed by atoms with Crippen LogP contribution in [0.25, 0.3) is 0 Å². The molecule has 3 unspecified atom stereocenters. The molecule has 9 heteroatoms. The molecule has 0 aromatic heterocycles. The zero-order chi connectivity index (χ0) is 66.2. The highest BCUT2D eigenvalue weighted by molar-refractivity contribution is 7.45. The number of likely N-dealkylation sites (N-methyl/N-ethyl adjacent to an activating group) is 1. The molecule has 532 valence electrons. The van der Waals surface area contributed by atoms with E-state index in [2.05, 4.69) is 92.1 Å². The fourth-order valence-corrected chi connectivity index (χ4v) is 12.5. The molecule has 0 saturated carbocycles. The number of carbonyl (C=O) groups excluding carboxylic acids is 1. The van der Waals surface area contributed by atoms with Crippen LogP contribution in [-0.4, -0.2) is 68.5 Å². The molecule has 2 N–H and O–H groups in total. The normalized spacial score (nSPS) is 14.0. The van der Waals surface area contributed by atoms with Crippen LogP contribution >= 0.6 is 7.82 Å². The summed E-state index contributed by atoms with van der Waals surface area (Å²) in [5, 5.41) is 14.0. The van der Waals surface area contributed by atoms with Crippen molar-refractivity contribution < 1.29 is 32.9 Å². The van der Waals surface area contributed by atoms with Gasteiger partial charge in [0.1, 0.15) is 13.2 Å². The number of rotatable bonds is 73. The molecule has 91 heavy (non-hydrogen) atoms. The quantitative estimate of drug-likeness (QED) is 0.0272. The number of phosphoric ester groups is 1. The molecule has 0 aromatic rings. The van der Waals surface area contributed by atoms with Crippen LogP contribution in [0.3, 0.4) is 0 Å². The molecule has 0 aliphatic carbocycles. The van der Waals surface area contributed by atoms with Gasteiger partial charge in [-0.2, -0.15) is 0 Å². The minimum Gasteiger partial charge on any atom is -0.756 e. The van der Waals surface area contributed by atoms with Gasteiger partial charge in [-0.3, -0.25) is 9.36 Å². The summed E-state index contributed by atoms with van der Waals surface area (Å²) >= 11 is 0. The Morgan fingerprint density at radius 2 is 0.681 bits per heavy atom. The average Bonchev–Trinajstić information content (AvgIpc) is 3.59. The van der Waals surface area contributed by atoms with Gasteiger partial charge in [0.05, 0.1) is 39.9 Å². The highest BCUT2D eigenvalue weighted by atomic mass is 31.2. The molecule has 1 amide bonds. The molecule has 0 bridgehead atoms. The number of aliphatic hydroxyl groups excluding tert-OH is 1. The molecule has 0 fully saturated rings. The summed E-state index contributed by atoms with van der Waals surface area (Å²) in [6, 6.07) is -0.906. The summed E-state index contributed by atoms with van der Waals surface area (Å²) in [5.41, 5.74) is 0. The average molecular weight is 1290 g/mol. The second-order valence-corrected chi connectivity index (χ2v) is 29.4. The van der Waals surface area contributed by atoms with Gasteiger partial charge in [0.2, 0.25) is 5.91 Å². The lowest BCUT2D eigenvalue weighted by atomic mass is 10.0. The third-order valence-corrected chi connectivity index (χ3v) is 18.8. The lowest BCUT2D eigenvalue weighted by molar-refractivity contribution is -0.870. The molecule has 8 nitrogen and oxygen atoms in total. The van der Waals surface area contributed by atoms with Gasteiger partial charge in [-0.15, -0.1) is 0 Å². The van der Waals surface area contributed by atoms with E-state index in [0.29, 0.717) is 17.4 Å². The second kappa shape index (κ2) is 72.0. The van der Waals surface area contributed by atoms with Gasteiger partial charge in [-0.1, -0.05) is 381 Å². The monoisotopic (exact) mass is 1290 g/mol. The maximum atomic E-state index is 13.1. The smallest absolute Gasteiger partial charge is 0.268 e. The Balaban J connectivity index is 3.96. The first-order valence-electron chi connectivity index (χ1n) is 39.4. The van der Waals surface area contributed by atoms with E-state index in [1.165, 1.54) is 289 Å². The lowest BCUT2D eigenvalue weighted by Gasteiger charge is -2.29. The van der Waals surface area contributed by atoms with Crippen LogP contribution in [0, 0.1) is 0 Å². The van der Waals surface area contributed by atoms with Crippen LogP contribution < -0.4 is 10.2 Å². The highest BCUT2D eigenvalue weighted by Gasteiger charge is 2.23. The summed E-state index contributed by atoms with van der Waals surface area (Å²) in [4.78, 5) is 25.7. The van der Waals surface area contributed by atoms with Crippen molar-refractivity contribution in [3.63, 3.8) is 0 Å². The first-order valence-corrected chi connectivity index (χ1v) is 40.9. The van der Waals surface area contributed by atoms with Crippen molar-refractivity contribution in [1.29, 1.82) is 0 Å². The van der Waals surface area contributed by atoms with E-state index < -0.39 is 26.6 Å². The number of quaternary nitrogens is 1. The summed E-state index contributed by atoms with van der Waals surface area (Å²) in [6.45, 7) is 4.57. The van der Waals surface area contributed by atoms with Crippen molar-refractivity contribution >= 4 is 13.7 Å². The van der Waals surface area contributed by atoms with Crippen molar-refractivity contribution in [2.24, 2.45) is 0 Å². The van der Waals surface area contributed by atoms with Crippen molar-refractivity contribution in [2.45, 2.75) is 392 Å². The highest BCUT2D eigenvalue weighted by Crippen LogP contribution is 2.38. The number of aliphatic hydroxyl groups is 1. The van der Waals surface area contributed by atoms with E-state index in [1.54, 1.807) is 6.08 Å². The van der Waals surface area contributed by atoms with Crippen LogP contribution in [0.1, 0.15) is 380 Å². The summed E-state index contributed by atoms with van der Waals surface area (Å²) in [6.07, 6.45) is 103. The van der Waals surface area contributed by atoms with Gasteiger partial charge in [0.15, 0.2) is 0 Å². The zero-order valence-corrected chi connectivity index (χ0v) is 61.9. The number of hydrogen-bond acceptors (Lipinski definition) is 6. The Kier molecular flexibility index (Phi) is 70.1. The van der Waals surface area contributed by atoms with Crippen molar-refractivity contribution in [2.75, 3.05) is 40.9 Å². The third-order valence-electron chi connectivity index (χ3n) is 17.8. The van der Waals surface area contributed by atoms with Crippen LogP contribution in [-0.2, 0) is 18.4 Å². The zero-order valence-electron chi connectivity index (χ0n) is 61.0. The molecule has 0 aliphatic rings. The predicted molar refractivity (Wildman–Crippen MR) is 399 cm³/mol. The van der Waals surface area contributed by atoms with E-state index in [4.69, 9.17) is 9.05 Å². The maximum absolute atomic E-state index is 13.1. The Labute approximate surface area is 567 Å². The molecule has 0 saturated heterocycles. The van der Waals surface area contributed by atoms with Crippen LogP contribution in [0.2, 0.25) is 0 Å². The number of carbonyl (C=O) groups is 1. The van der Waals surface area contributed by atoms with Gasteiger partial charge < -0.3 is 28.8 Å². The molecule has 0 spiro atoms. The minimum absolute atomic E-state index is 0.00611. The Morgan fingerprint density at radius 1 is 0.396 bits per heavy atom. The summed E-state index contributed by atoms with van der Waals surface area (Å²) < 4.78 is 23.5. The fourth-order valence-electron chi connectivity index (χ4n) is 11.8. The topological polar surface area (TPSA) is 108 Å². The van der Waals surface area contributed by atoms with Crippen LogP contribution in [0.4, 0.5) is 0 Å². The molecular weight excluding hydrogens is 1140 g/mol. The number of nitrogens with one attached hydrogen (secondary N) is 1. The molecule has 0 aliphatic heterocycles. The lowest BCUT2D eigenvalue weighted by Crippen LogP contribution is -2.45. The van der Waals surface area contributed by atoms with E-state index in [1.807, 2.05) is 27.2 Å². The third kappa shape index (κ3) is 74.9. The van der Waals surface area contributed by atoms with Crippen molar-refractivity contribution in [1.82, 2.24) is 5.32 Å². The van der Waals surface area contributed by atoms with E-state index >= 15 is 0 Å². The van der Waals surface area contributed by atoms with Crippen molar-refractivity contribution in [3.05, 3.63) is 85.1 Å². The number of amides is 1. The number of unbranched alkanes of at least 4 members (excludes halogenated alkanes) is 48. The van der Waals surface area contributed by atoms with Gasteiger partial charge in [-0.05, 0) is 77.0 Å². The predicted octanol–water partition coefficient (Wildman–Crippen LogP) is 25.2. The second-order valence-electron chi connectivity index (χ2n) is 28.0. The molecule has 0 rings (SSSR count). The van der Waals surface area contributed by atoms with Gasteiger partial charge >= 0.3 is 0 Å². The van der Waals surface area contributed by atoms with Crippen molar-refractivity contribution in [3.8, 4) is 0 Å². The number of hydrogen-bond donors (Lipinski definition) is 2. The molecule has 0 aromatic carbocycles. The van der Waals surface area contributed by atoms with Crippen LogP contribution in [0.5, 0.6) is 0 Å². The Morgan fingerprint density at radius 3 is 1.02 bits per heavy atom. The first-order chi connectivity index (χ1) is 44.5. The SMILES string of the molecule is CC/C=C\C/C=C\C/C=C\C/C=C\C/C=C\CCCCCCCCCCCCCCCCCCCCCCCCCCCC(=O)NC(COP(=O)([O-])OCC[N+](C)(C)C)C(O)/C=C/CC/C=C/CCCCCCCCCCCCCCCCCCCCCCCC. The molecular formula is C82H153N2O6P. The number of nitrogens with zero attached hydrogens (tertiary/aromatic N) is 1. The minimum atomic E-state index is -4.62. The Bertz CT molecular complexity index is 1760.